The van der Waals surface area contributed by atoms with Gasteiger partial charge in [0.1, 0.15) is 11.2 Å². The average molecular weight is 501 g/mol. The molecule has 0 spiro atoms. The predicted molar refractivity (Wildman–Crippen MR) is 151 cm³/mol. The van der Waals surface area contributed by atoms with Gasteiger partial charge < -0.3 is 8.83 Å². The van der Waals surface area contributed by atoms with Crippen molar-refractivity contribution in [3.63, 3.8) is 0 Å². The lowest BCUT2D eigenvalue weighted by atomic mass is 9.98. The third-order valence-electron chi connectivity index (χ3n) is 6.09. The summed E-state index contributed by atoms with van der Waals surface area (Å²) in [6, 6.07) is 33.9. The molecule has 0 saturated heterocycles. The first-order valence-electron chi connectivity index (χ1n) is 11.8. The molecule has 178 valence electrons. The molecule has 0 bridgehead atoms. The van der Waals surface area contributed by atoms with E-state index in [2.05, 4.69) is 28.4 Å². The molecule has 0 aliphatic heterocycles. The van der Waals surface area contributed by atoms with Gasteiger partial charge in [-0.2, -0.15) is 5.10 Å². The van der Waals surface area contributed by atoms with Crippen molar-refractivity contribution < 1.29 is 8.83 Å². The molecule has 0 unspecified atom stereocenters. The highest BCUT2D eigenvalue weighted by molar-refractivity contribution is 6.30. The lowest BCUT2D eigenvalue weighted by Gasteiger charge is -2.07. The van der Waals surface area contributed by atoms with E-state index in [9.17, 15) is 0 Å². The van der Waals surface area contributed by atoms with Gasteiger partial charge in [0, 0.05) is 39.7 Å². The monoisotopic (exact) mass is 500 g/mol. The van der Waals surface area contributed by atoms with E-state index in [1.54, 1.807) is 12.5 Å². The van der Waals surface area contributed by atoms with Gasteiger partial charge in [-0.15, -0.1) is 5.10 Å². The first-order valence-corrected chi connectivity index (χ1v) is 12.2. The van der Waals surface area contributed by atoms with Crippen molar-refractivity contribution in [2.75, 3.05) is 0 Å². The molecule has 0 aliphatic carbocycles. The van der Waals surface area contributed by atoms with Crippen LogP contribution in [0.4, 0.5) is 0 Å². The Labute approximate surface area is 218 Å². The van der Waals surface area contributed by atoms with Crippen LogP contribution in [0.2, 0.25) is 5.02 Å². The summed E-state index contributed by atoms with van der Waals surface area (Å²) in [5, 5.41) is 11.2. The minimum Gasteiger partial charge on any atom is -0.464 e. The Hall–Kier alpha value is -4.67. The molecule has 0 aliphatic rings. The summed E-state index contributed by atoms with van der Waals surface area (Å²) < 4.78 is 12.1. The van der Waals surface area contributed by atoms with E-state index in [-0.39, 0.29) is 0 Å². The molecular formula is C32H21ClN2O2. The van der Waals surface area contributed by atoms with E-state index in [0.29, 0.717) is 16.2 Å². The van der Waals surface area contributed by atoms with E-state index >= 15 is 0 Å². The van der Waals surface area contributed by atoms with Gasteiger partial charge in [0.2, 0.25) is 5.55 Å². The Morgan fingerprint density at radius 3 is 2.16 bits per heavy atom. The third kappa shape index (κ3) is 4.88. The van der Waals surface area contributed by atoms with E-state index in [1.165, 1.54) is 0 Å². The molecule has 2 heterocycles. The number of hydrogen-bond acceptors (Lipinski definition) is 4. The van der Waals surface area contributed by atoms with Crippen molar-refractivity contribution in [2.45, 2.75) is 0 Å². The molecule has 0 amide bonds. The number of rotatable bonds is 5. The van der Waals surface area contributed by atoms with Crippen molar-refractivity contribution in [2.24, 2.45) is 10.2 Å². The fourth-order valence-corrected chi connectivity index (χ4v) is 4.43. The van der Waals surface area contributed by atoms with Gasteiger partial charge in [0.25, 0.3) is 0 Å². The van der Waals surface area contributed by atoms with E-state index < -0.39 is 0 Å². The van der Waals surface area contributed by atoms with Gasteiger partial charge >= 0.3 is 0 Å². The van der Waals surface area contributed by atoms with E-state index in [0.717, 1.165) is 44.2 Å². The second-order valence-electron chi connectivity index (χ2n) is 8.50. The number of furan rings is 1. The zero-order valence-corrected chi connectivity index (χ0v) is 20.5. The van der Waals surface area contributed by atoms with Crippen LogP contribution < -0.4 is 5.55 Å². The van der Waals surface area contributed by atoms with Crippen molar-refractivity contribution >= 4 is 45.8 Å². The van der Waals surface area contributed by atoms with Gasteiger partial charge in [0.05, 0.1) is 6.26 Å². The van der Waals surface area contributed by atoms with Crippen molar-refractivity contribution in [1.82, 2.24) is 0 Å². The Kier molecular flexibility index (Phi) is 6.24. The number of fused-ring (bicyclic) bond motifs is 2. The topological polar surface area (TPSA) is 51.0 Å². The molecule has 0 N–H and O–H groups in total. The first-order chi connectivity index (χ1) is 18.2. The maximum atomic E-state index is 6.15. The number of benzene rings is 4. The third-order valence-corrected chi connectivity index (χ3v) is 6.34. The predicted octanol–water partition coefficient (Wildman–Crippen LogP) is 8.77. The van der Waals surface area contributed by atoms with Crippen molar-refractivity contribution in [3.05, 3.63) is 132 Å². The van der Waals surface area contributed by atoms with Gasteiger partial charge in [-0.05, 0) is 46.5 Å². The lowest BCUT2D eigenvalue weighted by molar-refractivity contribution is 0.537. The largest absolute Gasteiger partial charge is 0.464 e. The molecule has 2 aromatic heterocycles. The Morgan fingerprint density at radius 2 is 1.38 bits per heavy atom. The van der Waals surface area contributed by atoms with Crippen LogP contribution in [0.25, 0.3) is 50.3 Å². The molecule has 6 aromatic rings. The fourth-order valence-electron chi connectivity index (χ4n) is 4.30. The number of halogens is 1. The first kappa shape index (κ1) is 22.8. The maximum Gasteiger partial charge on any atom is 0.239 e. The van der Waals surface area contributed by atoms with Crippen LogP contribution >= 0.6 is 11.6 Å². The van der Waals surface area contributed by atoms with Gasteiger partial charge in [-0.25, -0.2) is 0 Å². The quantitative estimate of drug-likeness (QED) is 0.175. The van der Waals surface area contributed by atoms with E-state index in [4.69, 9.17) is 20.4 Å². The molecule has 4 nitrogen and oxygen atoms in total. The summed E-state index contributed by atoms with van der Waals surface area (Å²) in [5.41, 5.74) is 6.98. The zero-order valence-electron chi connectivity index (χ0n) is 19.7. The summed E-state index contributed by atoms with van der Waals surface area (Å²) >= 11 is 6.10. The molecule has 0 atom stereocenters. The number of allylic oxidation sites excluding steroid dienone is 1. The summed E-state index contributed by atoms with van der Waals surface area (Å²) in [7, 11) is 0. The summed E-state index contributed by atoms with van der Waals surface area (Å²) in [5.74, 6) is 0. The Bertz CT molecular complexity index is 1810. The molecule has 0 saturated carbocycles. The Morgan fingerprint density at radius 1 is 0.676 bits per heavy atom. The molecule has 0 fully saturated rings. The van der Waals surface area contributed by atoms with Crippen LogP contribution in [0.5, 0.6) is 0 Å². The molecule has 37 heavy (non-hydrogen) atoms. The lowest BCUT2D eigenvalue weighted by Crippen LogP contribution is -2.01. The molecule has 4 aromatic carbocycles. The Balaban J connectivity index is 1.46. The van der Waals surface area contributed by atoms with Gasteiger partial charge in [-0.1, -0.05) is 90.5 Å². The summed E-state index contributed by atoms with van der Waals surface area (Å²) in [4.78, 5) is 0. The van der Waals surface area contributed by atoms with Crippen LogP contribution in [-0.2, 0) is 0 Å². The number of hydrogen-bond donors (Lipinski definition) is 0. The molecular weight excluding hydrogens is 480 g/mol. The zero-order chi connectivity index (χ0) is 25.0. The fraction of sp³-hybridized carbons (Fsp3) is 0. The minimum absolute atomic E-state index is 0.402. The highest BCUT2D eigenvalue weighted by Gasteiger charge is 2.14. The van der Waals surface area contributed by atoms with Crippen LogP contribution in [0.3, 0.4) is 0 Å². The highest BCUT2D eigenvalue weighted by Crippen LogP contribution is 2.36. The highest BCUT2D eigenvalue weighted by atomic mass is 35.5. The normalized spacial score (nSPS) is 12.4. The van der Waals surface area contributed by atoms with Crippen LogP contribution in [0, 0.1) is 0 Å². The average Bonchev–Trinajstić information content (AvgIpc) is 3.35. The maximum absolute atomic E-state index is 6.15. The standard InChI is InChI=1S/C32H21ClN2O2/c33-25-15-13-24(14-16-25)29-21-36-30-20-31-27(18-28(29)30)26(23-11-5-2-6-12-23)19-32(37-31)35-34-17-7-10-22-8-3-1-4-9-22/h1-21H/b10-7+,34-17+,35-32-. The summed E-state index contributed by atoms with van der Waals surface area (Å²) in [6.07, 6.45) is 7.23. The van der Waals surface area contributed by atoms with Crippen LogP contribution in [-0.4, -0.2) is 6.21 Å². The second kappa shape index (κ2) is 10.1. The second-order valence-corrected chi connectivity index (χ2v) is 8.94. The smallest absolute Gasteiger partial charge is 0.239 e. The van der Waals surface area contributed by atoms with Crippen molar-refractivity contribution in [1.29, 1.82) is 0 Å². The SMILES string of the molecule is Clc1ccc(-c2coc3cc4o\c(=N/N=C/C=C/c5ccccc5)cc(-c5ccccc5)c4cc23)cc1. The van der Waals surface area contributed by atoms with Gasteiger partial charge in [-0.3, -0.25) is 0 Å². The van der Waals surface area contributed by atoms with Gasteiger partial charge in [0.15, 0.2) is 0 Å². The van der Waals surface area contributed by atoms with Crippen LogP contribution in [0.15, 0.2) is 135 Å². The van der Waals surface area contributed by atoms with E-state index in [1.807, 2.05) is 97.1 Å². The molecule has 0 radical (unpaired) electrons. The number of nitrogens with zero attached hydrogens (tertiary/aromatic N) is 2. The molecule has 5 heteroatoms. The summed E-state index contributed by atoms with van der Waals surface area (Å²) in [6.45, 7) is 0. The van der Waals surface area contributed by atoms with Crippen LogP contribution in [0.1, 0.15) is 5.56 Å². The minimum atomic E-state index is 0.402. The van der Waals surface area contributed by atoms with Crippen molar-refractivity contribution in [3.8, 4) is 22.3 Å². The molecule has 6 rings (SSSR count).